The second-order valence-corrected chi connectivity index (χ2v) is 5.15. The van der Waals surface area contributed by atoms with Crippen LogP contribution in [0.2, 0.25) is 0 Å². The van der Waals surface area contributed by atoms with Crippen LogP contribution in [0.4, 0.5) is 0 Å². The zero-order chi connectivity index (χ0) is 13.5. The first kappa shape index (κ1) is 13.8. The molecule has 0 saturated carbocycles. The lowest BCUT2D eigenvalue weighted by molar-refractivity contribution is 0.734. The quantitative estimate of drug-likeness (QED) is 0.636. The van der Waals surface area contributed by atoms with Gasteiger partial charge in [0.15, 0.2) is 0 Å². The molecule has 0 aromatic heterocycles. The molecule has 2 aromatic rings. The largest absolute Gasteiger partial charge is 0.389 e. The first-order chi connectivity index (χ1) is 9.27. The van der Waals surface area contributed by atoms with Crippen molar-refractivity contribution in [2.45, 2.75) is 25.7 Å². The SMILES string of the molecule is NC(=S)c1ccccc1CCCCc1ccccc1. The summed E-state index contributed by atoms with van der Waals surface area (Å²) in [5, 5.41) is 0. The molecule has 0 radical (unpaired) electrons. The van der Waals surface area contributed by atoms with Crippen LogP contribution >= 0.6 is 12.2 Å². The Balaban J connectivity index is 1.85. The first-order valence-electron chi connectivity index (χ1n) is 6.69. The average molecular weight is 269 g/mol. The molecule has 0 saturated heterocycles. The van der Waals surface area contributed by atoms with Gasteiger partial charge in [0.05, 0.1) is 0 Å². The summed E-state index contributed by atoms with van der Waals surface area (Å²) in [5.74, 6) is 0. The Labute approximate surface area is 120 Å². The molecule has 2 aromatic carbocycles. The van der Waals surface area contributed by atoms with Crippen molar-refractivity contribution in [1.82, 2.24) is 0 Å². The number of aryl methyl sites for hydroxylation is 2. The molecule has 0 amide bonds. The van der Waals surface area contributed by atoms with Crippen molar-refractivity contribution in [1.29, 1.82) is 0 Å². The molecule has 0 atom stereocenters. The van der Waals surface area contributed by atoms with E-state index in [9.17, 15) is 0 Å². The summed E-state index contributed by atoms with van der Waals surface area (Å²) in [6.07, 6.45) is 4.53. The minimum absolute atomic E-state index is 0.499. The lowest BCUT2D eigenvalue weighted by Gasteiger charge is -2.08. The van der Waals surface area contributed by atoms with Crippen molar-refractivity contribution in [3.05, 3.63) is 71.3 Å². The predicted molar refractivity (Wildman–Crippen MR) is 85.4 cm³/mol. The summed E-state index contributed by atoms with van der Waals surface area (Å²) in [5.41, 5.74) is 9.44. The number of hydrogen-bond donors (Lipinski definition) is 1. The molecule has 0 fully saturated rings. The summed E-state index contributed by atoms with van der Waals surface area (Å²) in [4.78, 5) is 0.499. The van der Waals surface area contributed by atoms with Crippen molar-refractivity contribution in [2.75, 3.05) is 0 Å². The highest BCUT2D eigenvalue weighted by atomic mass is 32.1. The zero-order valence-electron chi connectivity index (χ0n) is 11.0. The van der Waals surface area contributed by atoms with Gasteiger partial charge in [-0.3, -0.25) is 0 Å². The second-order valence-electron chi connectivity index (χ2n) is 4.71. The van der Waals surface area contributed by atoms with E-state index in [2.05, 4.69) is 36.4 Å². The summed E-state index contributed by atoms with van der Waals surface area (Å²) in [6.45, 7) is 0. The molecule has 2 rings (SSSR count). The van der Waals surface area contributed by atoms with Gasteiger partial charge in [-0.1, -0.05) is 66.8 Å². The van der Waals surface area contributed by atoms with Crippen LogP contribution in [0, 0.1) is 0 Å². The fourth-order valence-corrected chi connectivity index (χ4v) is 2.47. The van der Waals surface area contributed by atoms with Gasteiger partial charge in [0.25, 0.3) is 0 Å². The normalized spacial score (nSPS) is 10.3. The topological polar surface area (TPSA) is 26.0 Å². The van der Waals surface area contributed by atoms with Gasteiger partial charge in [0, 0.05) is 5.56 Å². The Hall–Kier alpha value is -1.67. The smallest absolute Gasteiger partial charge is 0.104 e. The van der Waals surface area contributed by atoms with E-state index in [1.165, 1.54) is 17.5 Å². The molecular weight excluding hydrogens is 250 g/mol. The Morgan fingerprint density at radius 3 is 2.21 bits per heavy atom. The molecule has 2 N–H and O–H groups in total. The Kier molecular flexibility index (Phi) is 5.10. The van der Waals surface area contributed by atoms with Crippen molar-refractivity contribution in [3.63, 3.8) is 0 Å². The van der Waals surface area contributed by atoms with E-state index in [4.69, 9.17) is 18.0 Å². The Bertz CT molecular complexity index is 534. The molecule has 0 aliphatic carbocycles. The predicted octanol–water partition coefficient (Wildman–Crippen LogP) is 3.89. The van der Waals surface area contributed by atoms with Crippen LogP contribution in [0.25, 0.3) is 0 Å². The van der Waals surface area contributed by atoms with E-state index in [0.29, 0.717) is 4.99 Å². The minimum Gasteiger partial charge on any atom is -0.389 e. The van der Waals surface area contributed by atoms with Crippen LogP contribution in [0.15, 0.2) is 54.6 Å². The maximum absolute atomic E-state index is 5.74. The zero-order valence-corrected chi connectivity index (χ0v) is 11.8. The Morgan fingerprint density at radius 2 is 1.47 bits per heavy atom. The lowest BCUT2D eigenvalue weighted by atomic mass is 10.00. The molecule has 0 spiro atoms. The molecule has 0 bridgehead atoms. The van der Waals surface area contributed by atoms with Gasteiger partial charge >= 0.3 is 0 Å². The number of unbranched alkanes of at least 4 members (excludes halogenated alkanes) is 1. The minimum atomic E-state index is 0.499. The molecular formula is C17H19NS. The molecule has 0 heterocycles. The van der Waals surface area contributed by atoms with E-state index in [1.54, 1.807) is 0 Å². The van der Waals surface area contributed by atoms with E-state index >= 15 is 0 Å². The summed E-state index contributed by atoms with van der Waals surface area (Å²) in [7, 11) is 0. The van der Waals surface area contributed by atoms with Gasteiger partial charge in [-0.05, 0) is 36.8 Å². The first-order valence-corrected chi connectivity index (χ1v) is 7.10. The molecule has 2 heteroatoms. The molecule has 0 aliphatic heterocycles. The summed E-state index contributed by atoms with van der Waals surface area (Å²) >= 11 is 5.08. The number of benzene rings is 2. The van der Waals surface area contributed by atoms with Crippen LogP contribution in [-0.4, -0.2) is 4.99 Å². The highest BCUT2D eigenvalue weighted by Crippen LogP contribution is 2.13. The average Bonchev–Trinajstić information content (AvgIpc) is 2.45. The fourth-order valence-electron chi connectivity index (χ4n) is 2.27. The molecule has 98 valence electrons. The molecule has 0 unspecified atom stereocenters. The van der Waals surface area contributed by atoms with Gasteiger partial charge in [-0.15, -0.1) is 0 Å². The van der Waals surface area contributed by atoms with Gasteiger partial charge < -0.3 is 5.73 Å². The van der Waals surface area contributed by atoms with Crippen LogP contribution in [0.5, 0.6) is 0 Å². The van der Waals surface area contributed by atoms with E-state index in [0.717, 1.165) is 24.8 Å². The Morgan fingerprint density at radius 1 is 0.842 bits per heavy atom. The van der Waals surface area contributed by atoms with E-state index < -0.39 is 0 Å². The highest BCUT2D eigenvalue weighted by molar-refractivity contribution is 7.80. The van der Waals surface area contributed by atoms with Crippen molar-refractivity contribution >= 4 is 17.2 Å². The van der Waals surface area contributed by atoms with Crippen molar-refractivity contribution in [3.8, 4) is 0 Å². The maximum atomic E-state index is 5.74. The van der Waals surface area contributed by atoms with Gasteiger partial charge in [0.1, 0.15) is 4.99 Å². The van der Waals surface area contributed by atoms with E-state index in [1.807, 2.05) is 18.2 Å². The third kappa shape index (κ3) is 4.18. The van der Waals surface area contributed by atoms with Crippen LogP contribution in [0.1, 0.15) is 29.5 Å². The highest BCUT2D eigenvalue weighted by Gasteiger charge is 2.03. The van der Waals surface area contributed by atoms with Crippen molar-refractivity contribution in [2.24, 2.45) is 5.73 Å². The van der Waals surface area contributed by atoms with Gasteiger partial charge in [0.2, 0.25) is 0 Å². The summed E-state index contributed by atoms with van der Waals surface area (Å²) < 4.78 is 0. The molecule has 0 aliphatic rings. The maximum Gasteiger partial charge on any atom is 0.104 e. The van der Waals surface area contributed by atoms with Crippen LogP contribution < -0.4 is 5.73 Å². The van der Waals surface area contributed by atoms with Crippen molar-refractivity contribution < 1.29 is 0 Å². The third-order valence-corrected chi connectivity index (χ3v) is 3.51. The number of hydrogen-bond acceptors (Lipinski definition) is 1. The number of nitrogens with two attached hydrogens (primary N) is 1. The molecule has 1 nitrogen and oxygen atoms in total. The molecule has 19 heavy (non-hydrogen) atoms. The van der Waals surface area contributed by atoms with E-state index in [-0.39, 0.29) is 0 Å². The fraction of sp³-hybridized carbons (Fsp3) is 0.235. The third-order valence-electron chi connectivity index (χ3n) is 3.29. The van der Waals surface area contributed by atoms with Gasteiger partial charge in [-0.25, -0.2) is 0 Å². The number of thiocarbonyl (C=S) groups is 1. The second kappa shape index (κ2) is 7.05. The van der Waals surface area contributed by atoms with Gasteiger partial charge in [-0.2, -0.15) is 0 Å². The van der Waals surface area contributed by atoms with Crippen LogP contribution in [0.3, 0.4) is 0 Å². The summed E-state index contributed by atoms with van der Waals surface area (Å²) in [6, 6.07) is 18.8. The lowest BCUT2D eigenvalue weighted by Crippen LogP contribution is -2.12. The number of rotatable bonds is 6. The van der Waals surface area contributed by atoms with Crippen LogP contribution in [-0.2, 0) is 12.8 Å². The standard InChI is InChI=1S/C17H19NS/c18-17(19)16-13-7-6-12-15(16)11-5-4-10-14-8-2-1-3-9-14/h1-3,6-9,12-13H,4-5,10-11H2,(H2,18,19). The monoisotopic (exact) mass is 269 g/mol.